The van der Waals surface area contributed by atoms with Gasteiger partial charge in [-0.05, 0) is 0 Å². The molecular weight excluding hydrogens is 200 g/mol. The first-order valence-corrected chi connectivity index (χ1v) is 3.35. The Morgan fingerprint density at radius 2 is 1.30 bits per heavy atom. The molecule has 0 fully saturated rings. The zero-order chi connectivity index (χ0) is 8.12. The molecule has 0 bridgehead atoms. The van der Waals surface area contributed by atoms with E-state index in [1.165, 1.54) is 12.8 Å². The molecule has 0 atom stereocenters. The minimum atomic E-state index is 0. The van der Waals surface area contributed by atoms with Crippen LogP contribution in [0.2, 0.25) is 6.82 Å². The summed E-state index contributed by atoms with van der Waals surface area (Å²) < 4.78 is 0. The summed E-state index contributed by atoms with van der Waals surface area (Å²) >= 11 is 0. The van der Waals surface area contributed by atoms with E-state index in [0.29, 0.717) is 0 Å². The molecule has 0 aliphatic rings. The van der Waals surface area contributed by atoms with Crippen LogP contribution in [0.4, 0.5) is 0 Å². The summed E-state index contributed by atoms with van der Waals surface area (Å²) in [5.41, 5.74) is 0. The molecule has 0 aromatic rings. The summed E-state index contributed by atoms with van der Waals surface area (Å²) in [4.78, 5) is 0. The van der Waals surface area contributed by atoms with E-state index in [2.05, 4.69) is 20.3 Å². The van der Waals surface area contributed by atoms with Crippen molar-refractivity contribution in [3.8, 4) is 0 Å². The molecule has 1 nitrogen and oxygen atoms in total. The summed E-state index contributed by atoms with van der Waals surface area (Å²) in [6.45, 7) is 11.4. The molecular formula is C7H19BOY. The maximum atomic E-state index is 7.00. The third-order valence-electron chi connectivity index (χ3n) is 0.500. The Labute approximate surface area is 91.4 Å². The second kappa shape index (κ2) is 50.6. The maximum Gasteiger partial charge on any atom is 0.0319 e. The molecule has 0 saturated heterocycles. The number of hydrogen-bond acceptors (Lipinski definition) is 1. The van der Waals surface area contributed by atoms with Crippen molar-refractivity contribution >= 4 is 13.4 Å². The van der Waals surface area contributed by atoms with Gasteiger partial charge in [0, 0.05) is 39.8 Å². The summed E-state index contributed by atoms with van der Waals surface area (Å²) in [6.07, 6.45) is 2.64. The van der Waals surface area contributed by atoms with Crippen molar-refractivity contribution in [1.29, 1.82) is 0 Å². The average molecular weight is 219 g/mol. The summed E-state index contributed by atoms with van der Waals surface area (Å²) in [5, 5.41) is 7.00. The second-order valence-electron chi connectivity index (χ2n) is 1.41. The van der Waals surface area contributed by atoms with Crippen LogP contribution in [0.1, 0.15) is 26.7 Å². The first kappa shape index (κ1) is 22.4. The van der Waals surface area contributed by atoms with Gasteiger partial charge in [-0.2, -0.15) is 0 Å². The van der Waals surface area contributed by atoms with Crippen LogP contribution in [0, 0.1) is 0 Å². The molecule has 0 heterocycles. The van der Waals surface area contributed by atoms with Gasteiger partial charge in [0.15, 0.2) is 0 Å². The summed E-state index contributed by atoms with van der Waals surface area (Å²) in [6, 6.07) is 0. The van der Waals surface area contributed by atoms with Crippen molar-refractivity contribution in [2.45, 2.75) is 33.5 Å². The molecule has 0 aromatic heterocycles. The molecule has 0 spiro atoms. The molecule has 1 radical (unpaired) electrons. The molecule has 0 rings (SSSR count). The molecule has 0 saturated carbocycles. The van der Waals surface area contributed by atoms with Gasteiger partial charge in [-0.15, -0.1) is 0 Å². The smallest absolute Gasteiger partial charge is 0.0319 e. The SMILES string of the molecule is C=BC.CCCC.CO.[Y]. The van der Waals surface area contributed by atoms with E-state index in [-0.39, 0.29) is 32.7 Å². The van der Waals surface area contributed by atoms with Gasteiger partial charge in [0.1, 0.15) is 0 Å². The van der Waals surface area contributed by atoms with Gasteiger partial charge in [0.25, 0.3) is 0 Å². The Morgan fingerprint density at radius 1 is 1.20 bits per heavy atom. The largest absolute Gasteiger partial charge is 0.400 e. The van der Waals surface area contributed by atoms with Crippen LogP contribution in [0.15, 0.2) is 0 Å². The van der Waals surface area contributed by atoms with E-state index in [9.17, 15) is 0 Å². The predicted octanol–water partition coefficient (Wildman–Crippen LogP) is 1.58. The van der Waals surface area contributed by atoms with Crippen molar-refractivity contribution in [3.63, 3.8) is 0 Å². The van der Waals surface area contributed by atoms with E-state index in [1.807, 2.05) is 6.82 Å². The fourth-order valence-corrected chi connectivity index (χ4v) is 0. The van der Waals surface area contributed by atoms with E-state index < -0.39 is 0 Å². The van der Waals surface area contributed by atoms with Crippen molar-refractivity contribution < 1.29 is 37.8 Å². The summed E-state index contributed by atoms with van der Waals surface area (Å²) in [5.74, 6) is 0. The Hall–Kier alpha value is 0.999. The predicted molar refractivity (Wildman–Crippen MR) is 47.5 cm³/mol. The van der Waals surface area contributed by atoms with Gasteiger partial charge in [0.2, 0.25) is 0 Å². The number of aliphatic hydroxyl groups is 1. The van der Waals surface area contributed by atoms with E-state index in [1.54, 1.807) is 6.92 Å². The molecule has 3 heteroatoms. The Kier molecular flexibility index (Phi) is 114. The monoisotopic (exact) mass is 219 g/mol. The van der Waals surface area contributed by atoms with Crippen molar-refractivity contribution in [1.82, 2.24) is 0 Å². The third kappa shape index (κ3) is 144. The van der Waals surface area contributed by atoms with Crippen LogP contribution >= 0.6 is 0 Å². The first-order chi connectivity index (χ1) is 4.33. The van der Waals surface area contributed by atoms with Crippen molar-refractivity contribution in [2.24, 2.45) is 0 Å². The zero-order valence-electron chi connectivity index (χ0n) is 7.72. The van der Waals surface area contributed by atoms with Crippen LogP contribution in [0.3, 0.4) is 0 Å². The standard InChI is InChI=1S/C4H10.C2H5B.CH4O.Y/c1-3-4-2;1-3-2;1-2;/h3-4H2,1-2H3;1H2,2H3;2H,1H3;. The van der Waals surface area contributed by atoms with Gasteiger partial charge in [-0.3, -0.25) is 0 Å². The molecule has 0 aromatic carbocycles. The summed E-state index contributed by atoms with van der Waals surface area (Å²) in [7, 11) is 1.00. The zero-order valence-corrected chi connectivity index (χ0v) is 10.6. The fourth-order valence-electron chi connectivity index (χ4n) is 0. The van der Waals surface area contributed by atoms with Crippen LogP contribution in [-0.4, -0.2) is 25.6 Å². The van der Waals surface area contributed by atoms with Gasteiger partial charge < -0.3 is 5.11 Å². The maximum absolute atomic E-state index is 7.00. The minimum absolute atomic E-state index is 0. The number of unbranched alkanes of at least 4 members (excludes halogenated alkanes) is 1. The van der Waals surface area contributed by atoms with Gasteiger partial charge in [-0.1, -0.05) is 26.7 Å². The molecule has 59 valence electrons. The molecule has 1 N–H and O–H groups in total. The van der Waals surface area contributed by atoms with E-state index in [4.69, 9.17) is 5.11 Å². The van der Waals surface area contributed by atoms with Crippen LogP contribution in [0.5, 0.6) is 0 Å². The first-order valence-electron chi connectivity index (χ1n) is 3.35. The molecule has 0 aliphatic heterocycles. The fraction of sp³-hybridized carbons (Fsp3) is 0.857. The number of rotatable bonds is 1. The molecule has 0 amide bonds. The normalized spacial score (nSPS) is 4.50. The van der Waals surface area contributed by atoms with Gasteiger partial charge >= 0.3 is 20.2 Å². The Balaban J connectivity index is -0.0000000273. The second-order valence-corrected chi connectivity index (χ2v) is 1.41. The van der Waals surface area contributed by atoms with Crippen LogP contribution in [0.25, 0.3) is 0 Å². The molecule has 10 heavy (non-hydrogen) atoms. The van der Waals surface area contributed by atoms with Crippen molar-refractivity contribution in [3.05, 3.63) is 0 Å². The Morgan fingerprint density at radius 3 is 1.30 bits per heavy atom. The van der Waals surface area contributed by atoms with Crippen LogP contribution < -0.4 is 0 Å². The third-order valence-corrected chi connectivity index (χ3v) is 0.500. The topological polar surface area (TPSA) is 20.2 Å². The quantitative estimate of drug-likeness (QED) is 0.663. The van der Waals surface area contributed by atoms with Gasteiger partial charge in [-0.25, -0.2) is 0 Å². The number of hydrogen-bond donors (Lipinski definition) is 1. The number of aliphatic hydroxyl groups excluding tert-OH is 1. The van der Waals surface area contributed by atoms with E-state index in [0.717, 1.165) is 7.11 Å². The minimum Gasteiger partial charge on any atom is -0.400 e. The molecule has 0 unspecified atom stereocenters. The van der Waals surface area contributed by atoms with E-state index >= 15 is 0 Å². The Bertz CT molecular complexity index is 32.8. The van der Waals surface area contributed by atoms with Crippen molar-refractivity contribution in [2.75, 3.05) is 7.11 Å². The molecule has 0 aliphatic carbocycles. The van der Waals surface area contributed by atoms with Crippen LogP contribution in [-0.2, 0) is 32.7 Å². The average Bonchev–Trinajstić information content (AvgIpc) is 1.94. The van der Waals surface area contributed by atoms with Gasteiger partial charge in [0.05, 0.1) is 0 Å².